The van der Waals surface area contributed by atoms with Crippen LogP contribution in [0.5, 0.6) is 0 Å². The second-order valence-electron chi connectivity index (χ2n) is 4.38. The SMILES string of the molecule is CC(C)C1CNc2cccc(Cl)c2NC1=O. The highest BCUT2D eigenvalue weighted by atomic mass is 35.5. The molecule has 2 N–H and O–H groups in total. The highest BCUT2D eigenvalue weighted by Crippen LogP contribution is 2.33. The molecule has 1 unspecified atom stereocenters. The van der Waals surface area contributed by atoms with E-state index < -0.39 is 0 Å². The molecule has 0 fully saturated rings. The van der Waals surface area contributed by atoms with Gasteiger partial charge in [0.05, 0.1) is 22.3 Å². The second kappa shape index (κ2) is 4.34. The number of rotatable bonds is 1. The zero-order valence-electron chi connectivity index (χ0n) is 9.38. The summed E-state index contributed by atoms with van der Waals surface area (Å²) in [5.41, 5.74) is 1.58. The van der Waals surface area contributed by atoms with Crippen molar-refractivity contribution >= 4 is 28.9 Å². The molecule has 1 aliphatic rings. The van der Waals surface area contributed by atoms with Crippen molar-refractivity contribution in [1.29, 1.82) is 0 Å². The summed E-state index contributed by atoms with van der Waals surface area (Å²) in [7, 11) is 0. The summed E-state index contributed by atoms with van der Waals surface area (Å²) in [6.45, 7) is 4.74. The number of fused-ring (bicyclic) bond motifs is 1. The van der Waals surface area contributed by atoms with E-state index in [1.807, 2.05) is 26.0 Å². The van der Waals surface area contributed by atoms with Gasteiger partial charge >= 0.3 is 0 Å². The maximum atomic E-state index is 12.0. The van der Waals surface area contributed by atoms with Crippen LogP contribution < -0.4 is 10.6 Å². The second-order valence-corrected chi connectivity index (χ2v) is 4.79. The van der Waals surface area contributed by atoms with Crippen molar-refractivity contribution in [2.75, 3.05) is 17.2 Å². The monoisotopic (exact) mass is 238 g/mol. The third kappa shape index (κ3) is 2.00. The van der Waals surface area contributed by atoms with Gasteiger partial charge in [0.2, 0.25) is 5.91 Å². The number of carbonyl (C=O) groups excluding carboxylic acids is 1. The van der Waals surface area contributed by atoms with Crippen molar-refractivity contribution in [3.63, 3.8) is 0 Å². The fourth-order valence-electron chi connectivity index (χ4n) is 1.87. The molecule has 1 aromatic carbocycles. The largest absolute Gasteiger partial charge is 0.383 e. The Morgan fingerprint density at radius 3 is 2.88 bits per heavy atom. The number of hydrogen-bond donors (Lipinski definition) is 2. The molecule has 0 aliphatic carbocycles. The number of carbonyl (C=O) groups is 1. The normalized spacial score (nSPS) is 19.8. The third-order valence-electron chi connectivity index (χ3n) is 2.92. The lowest BCUT2D eigenvalue weighted by Gasteiger charge is -2.16. The molecular formula is C12H15ClN2O. The van der Waals surface area contributed by atoms with E-state index in [4.69, 9.17) is 11.6 Å². The first-order chi connectivity index (χ1) is 7.59. The van der Waals surface area contributed by atoms with Gasteiger partial charge in [-0.3, -0.25) is 4.79 Å². The molecule has 0 saturated heterocycles. The first-order valence-electron chi connectivity index (χ1n) is 5.43. The molecule has 4 heteroatoms. The topological polar surface area (TPSA) is 41.1 Å². The van der Waals surface area contributed by atoms with E-state index in [9.17, 15) is 4.79 Å². The molecule has 3 nitrogen and oxygen atoms in total. The van der Waals surface area contributed by atoms with Crippen molar-refractivity contribution in [1.82, 2.24) is 0 Å². The van der Waals surface area contributed by atoms with Crippen molar-refractivity contribution in [3.8, 4) is 0 Å². The zero-order valence-corrected chi connectivity index (χ0v) is 10.1. The molecule has 0 bridgehead atoms. The van der Waals surface area contributed by atoms with Crippen molar-refractivity contribution in [2.45, 2.75) is 13.8 Å². The summed E-state index contributed by atoms with van der Waals surface area (Å²) in [5.74, 6) is 0.318. The Morgan fingerprint density at radius 2 is 2.19 bits per heavy atom. The fourth-order valence-corrected chi connectivity index (χ4v) is 2.09. The highest BCUT2D eigenvalue weighted by molar-refractivity contribution is 6.34. The molecule has 1 atom stereocenters. The van der Waals surface area contributed by atoms with Crippen LogP contribution in [0.1, 0.15) is 13.8 Å². The Hall–Kier alpha value is -1.22. The number of anilines is 2. The van der Waals surface area contributed by atoms with Gasteiger partial charge in [0.25, 0.3) is 0 Å². The highest BCUT2D eigenvalue weighted by Gasteiger charge is 2.26. The van der Waals surface area contributed by atoms with Gasteiger partial charge in [-0.1, -0.05) is 31.5 Å². The number of benzene rings is 1. The minimum absolute atomic E-state index is 0.0246. The minimum Gasteiger partial charge on any atom is -0.383 e. The van der Waals surface area contributed by atoms with E-state index in [0.717, 1.165) is 5.69 Å². The zero-order chi connectivity index (χ0) is 11.7. The standard InChI is InChI=1S/C12H15ClN2O/c1-7(2)8-6-14-10-5-3-4-9(13)11(10)15-12(8)16/h3-5,7-8,14H,6H2,1-2H3,(H,15,16). The molecule has 1 heterocycles. The third-order valence-corrected chi connectivity index (χ3v) is 3.23. The first-order valence-corrected chi connectivity index (χ1v) is 5.80. The minimum atomic E-state index is -0.0246. The Bertz CT molecular complexity index is 417. The van der Waals surface area contributed by atoms with Crippen molar-refractivity contribution in [2.24, 2.45) is 11.8 Å². The van der Waals surface area contributed by atoms with Crippen molar-refractivity contribution < 1.29 is 4.79 Å². The van der Waals surface area contributed by atoms with Crippen LogP contribution in [0.25, 0.3) is 0 Å². The number of nitrogens with one attached hydrogen (secondary N) is 2. The summed E-state index contributed by atoms with van der Waals surface area (Å²) in [5, 5.41) is 6.72. The Balaban J connectivity index is 2.34. The quantitative estimate of drug-likeness (QED) is 0.790. The predicted molar refractivity (Wildman–Crippen MR) is 66.9 cm³/mol. The molecule has 16 heavy (non-hydrogen) atoms. The summed E-state index contributed by atoms with van der Waals surface area (Å²) in [6, 6.07) is 5.57. The number of para-hydroxylation sites is 1. The predicted octanol–water partition coefficient (Wildman–Crippen LogP) is 2.98. The molecule has 2 rings (SSSR count). The maximum Gasteiger partial charge on any atom is 0.229 e. The van der Waals surface area contributed by atoms with E-state index in [1.165, 1.54) is 0 Å². The molecule has 0 saturated carbocycles. The molecular weight excluding hydrogens is 224 g/mol. The van der Waals surface area contributed by atoms with Gasteiger partial charge in [0, 0.05) is 6.54 Å². The van der Waals surface area contributed by atoms with E-state index in [1.54, 1.807) is 6.07 Å². The summed E-state index contributed by atoms with van der Waals surface area (Å²) >= 11 is 6.05. The van der Waals surface area contributed by atoms with Crippen LogP contribution in [0, 0.1) is 11.8 Å². The first kappa shape index (κ1) is 11.3. The molecule has 86 valence electrons. The van der Waals surface area contributed by atoms with Crippen LogP contribution in [0.2, 0.25) is 5.02 Å². The molecule has 1 aromatic rings. The lowest BCUT2D eigenvalue weighted by Crippen LogP contribution is -2.29. The average molecular weight is 239 g/mol. The summed E-state index contributed by atoms with van der Waals surface area (Å²) in [4.78, 5) is 12.0. The van der Waals surface area contributed by atoms with Crippen LogP contribution >= 0.6 is 11.6 Å². The number of halogens is 1. The Kier molecular flexibility index (Phi) is 3.06. The van der Waals surface area contributed by atoms with E-state index in [0.29, 0.717) is 23.2 Å². The van der Waals surface area contributed by atoms with Gasteiger partial charge in [-0.25, -0.2) is 0 Å². The lowest BCUT2D eigenvalue weighted by atomic mass is 9.95. The smallest absolute Gasteiger partial charge is 0.229 e. The average Bonchev–Trinajstić information content (AvgIpc) is 2.38. The summed E-state index contributed by atoms with van der Waals surface area (Å²) in [6.07, 6.45) is 0. The molecule has 1 amide bonds. The molecule has 0 radical (unpaired) electrons. The molecule has 0 aromatic heterocycles. The maximum absolute atomic E-state index is 12.0. The fraction of sp³-hybridized carbons (Fsp3) is 0.417. The van der Waals surface area contributed by atoms with E-state index in [2.05, 4.69) is 10.6 Å². The van der Waals surface area contributed by atoms with Crippen LogP contribution in [0.3, 0.4) is 0 Å². The van der Waals surface area contributed by atoms with Gasteiger partial charge in [-0.2, -0.15) is 0 Å². The van der Waals surface area contributed by atoms with Crippen LogP contribution in [-0.4, -0.2) is 12.5 Å². The Labute approximate surface area is 100 Å². The van der Waals surface area contributed by atoms with Gasteiger partial charge in [0.1, 0.15) is 0 Å². The summed E-state index contributed by atoms with van der Waals surface area (Å²) < 4.78 is 0. The molecule has 0 spiro atoms. The molecule has 1 aliphatic heterocycles. The van der Waals surface area contributed by atoms with Gasteiger partial charge in [0.15, 0.2) is 0 Å². The van der Waals surface area contributed by atoms with E-state index in [-0.39, 0.29) is 11.8 Å². The van der Waals surface area contributed by atoms with Gasteiger partial charge < -0.3 is 10.6 Å². The van der Waals surface area contributed by atoms with Crippen LogP contribution in [-0.2, 0) is 4.79 Å². The van der Waals surface area contributed by atoms with Crippen LogP contribution in [0.4, 0.5) is 11.4 Å². The van der Waals surface area contributed by atoms with Crippen molar-refractivity contribution in [3.05, 3.63) is 23.2 Å². The Morgan fingerprint density at radius 1 is 1.44 bits per heavy atom. The number of hydrogen-bond acceptors (Lipinski definition) is 2. The van der Waals surface area contributed by atoms with Gasteiger partial charge in [-0.05, 0) is 18.1 Å². The van der Waals surface area contributed by atoms with E-state index >= 15 is 0 Å². The lowest BCUT2D eigenvalue weighted by molar-refractivity contribution is -0.120. The van der Waals surface area contributed by atoms with Gasteiger partial charge in [-0.15, -0.1) is 0 Å². The van der Waals surface area contributed by atoms with Crippen LogP contribution in [0.15, 0.2) is 18.2 Å². The number of amides is 1.